The van der Waals surface area contributed by atoms with E-state index in [1.165, 1.54) is 28.6 Å². The number of carbonyl (C=O) groups is 2. The van der Waals surface area contributed by atoms with E-state index in [1.807, 2.05) is 11.8 Å². The summed E-state index contributed by atoms with van der Waals surface area (Å²) in [4.78, 5) is 44.9. The highest BCUT2D eigenvalue weighted by Crippen LogP contribution is 2.30. The molecule has 11 heteroatoms. The number of hydrogen-bond donors (Lipinski definition) is 1. The molecule has 4 rings (SSSR count). The molecule has 1 amide bonds. The molecule has 1 saturated heterocycles. The highest BCUT2D eigenvalue weighted by atomic mass is 19.1. The molecule has 0 saturated carbocycles. The number of ketones is 1. The quantitative estimate of drug-likeness (QED) is 0.249. The fourth-order valence-electron chi connectivity index (χ4n) is 4.00. The molecular weight excluding hydrogens is 439 g/mol. The molecule has 1 aliphatic heterocycles. The van der Waals surface area contributed by atoms with E-state index >= 15 is 0 Å². The number of rotatable bonds is 7. The monoisotopic (exact) mass is 462 g/mol. The van der Waals surface area contributed by atoms with Crippen LogP contribution in [0.3, 0.4) is 0 Å². The molecule has 10 nitrogen and oxygen atoms in total. The molecule has 0 radical (unpaired) electrons. The SMILES string of the molecule is C=Cc1c(C)ncnc1N1CCN(C(=O)C(=O)c2c[nH]c3c(N(C=C)N=C)ncc(F)c23)CC1. The highest BCUT2D eigenvalue weighted by molar-refractivity contribution is 6.45. The van der Waals surface area contributed by atoms with Crippen LogP contribution in [0, 0.1) is 12.7 Å². The Morgan fingerprint density at radius 2 is 1.94 bits per heavy atom. The van der Waals surface area contributed by atoms with Crippen LogP contribution in [-0.2, 0) is 4.79 Å². The molecule has 1 fully saturated rings. The second-order valence-electron chi connectivity index (χ2n) is 7.56. The van der Waals surface area contributed by atoms with Crippen LogP contribution in [0.4, 0.5) is 16.0 Å². The predicted octanol–water partition coefficient (Wildman–Crippen LogP) is 2.54. The van der Waals surface area contributed by atoms with Crippen molar-refractivity contribution in [1.29, 1.82) is 0 Å². The number of aryl methyl sites for hydroxylation is 1. The number of nitrogens with zero attached hydrogens (tertiary/aromatic N) is 7. The molecule has 174 valence electrons. The number of halogens is 1. The molecule has 0 atom stereocenters. The lowest BCUT2D eigenvalue weighted by Gasteiger charge is -2.35. The van der Waals surface area contributed by atoms with Crippen LogP contribution in [0.25, 0.3) is 17.0 Å². The molecule has 3 aromatic heterocycles. The van der Waals surface area contributed by atoms with E-state index in [0.717, 1.165) is 23.3 Å². The van der Waals surface area contributed by atoms with E-state index in [2.05, 4.69) is 44.9 Å². The minimum Gasteiger partial charge on any atom is -0.357 e. The average Bonchev–Trinajstić information content (AvgIpc) is 3.31. The third-order valence-corrected chi connectivity index (χ3v) is 5.76. The minimum absolute atomic E-state index is 0.0374. The first-order valence-corrected chi connectivity index (χ1v) is 10.5. The maximum absolute atomic E-state index is 14.7. The Hall–Kier alpha value is -4.41. The molecule has 3 aromatic rings. The summed E-state index contributed by atoms with van der Waals surface area (Å²) in [5.74, 6) is -1.30. The molecule has 34 heavy (non-hydrogen) atoms. The first-order chi connectivity index (χ1) is 16.4. The van der Waals surface area contributed by atoms with Gasteiger partial charge in [-0.05, 0) is 6.92 Å². The standard InChI is InChI=1S/C23H23FN8O2/c1-5-15-14(3)28-13-29-21(15)30-7-9-31(10-8-30)23(34)20(33)16-11-26-19-18(16)17(24)12-27-22(19)32(6-2)25-4/h5-6,11-13,26H,1-2,4,7-10H2,3H3. The number of nitrogens with one attached hydrogen (secondary N) is 1. The normalized spacial score (nSPS) is 13.6. The number of hydrazone groups is 1. The van der Waals surface area contributed by atoms with Crippen molar-refractivity contribution in [1.82, 2.24) is 24.8 Å². The zero-order chi connectivity index (χ0) is 24.4. The summed E-state index contributed by atoms with van der Waals surface area (Å²) in [6, 6.07) is 0. The van der Waals surface area contributed by atoms with Gasteiger partial charge in [-0.2, -0.15) is 5.10 Å². The van der Waals surface area contributed by atoms with Crippen molar-refractivity contribution in [2.24, 2.45) is 5.10 Å². The van der Waals surface area contributed by atoms with Crippen LogP contribution in [0.2, 0.25) is 0 Å². The van der Waals surface area contributed by atoms with E-state index in [1.54, 1.807) is 6.08 Å². The zero-order valence-electron chi connectivity index (χ0n) is 18.7. The summed E-state index contributed by atoms with van der Waals surface area (Å²) in [7, 11) is 0. The van der Waals surface area contributed by atoms with Gasteiger partial charge < -0.3 is 14.8 Å². The lowest BCUT2D eigenvalue weighted by Crippen LogP contribution is -2.51. The first kappa shape index (κ1) is 22.8. The van der Waals surface area contributed by atoms with Gasteiger partial charge >= 0.3 is 0 Å². The van der Waals surface area contributed by atoms with Gasteiger partial charge in [-0.15, -0.1) is 0 Å². The van der Waals surface area contributed by atoms with E-state index < -0.39 is 17.5 Å². The van der Waals surface area contributed by atoms with Gasteiger partial charge in [-0.3, -0.25) is 9.59 Å². The Bertz CT molecular complexity index is 1300. The second-order valence-corrected chi connectivity index (χ2v) is 7.56. The number of aromatic nitrogens is 4. The molecule has 0 aromatic carbocycles. The first-order valence-electron chi connectivity index (χ1n) is 10.5. The number of amides is 1. The molecule has 0 spiro atoms. The van der Waals surface area contributed by atoms with Gasteiger partial charge in [0, 0.05) is 50.9 Å². The Kier molecular flexibility index (Phi) is 6.17. The van der Waals surface area contributed by atoms with Crippen LogP contribution in [0.1, 0.15) is 21.6 Å². The Morgan fingerprint density at radius 1 is 1.21 bits per heavy atom. The minimum atomic E-state index is -0.808. The van der Waals surface area contributed by atoms with Crippen LogP contribution >= 0.6 is 0 Å². The van der Waals surface area contributed by atoms with E-state index in [-0.39, 0.29) is 22.3 Å². The lowest BCUT2D eigenvalue weighted by molar-refractivity contribution is -0.126. The van der Waals surface area contributed by atoms with Gasteiger partial charge in [0.2, 0.25) is 0 Å². The van der Waals surface area contributed by atoms with Crippen molar-refractivity contribution in [3.05, 3.63) is 60.7 Å². The Labute approximate surface area is 195 Å². The molecule has 1 aliphatic rings. The van der Waals surface area contributed by atoms with Gasteiger partial charge in [0.25, 0.3) is 11.7 Å². The third-order valence-electron chi connectivity index (χ3n) is 5.76. The van der Waals surface area contributed by atoms with Gasteiger partial charge in [-0.25, -0.2) is 24.4 Å². The third kappa shape index (κ3) is 3.81. The van der Waals surface area contributed by atoms with Crippen molar-refractivity contribution in [3.8, 4) is 0 Å². The molecular formula is C23H23FN8O2. The summed E-state index contributed by atoms with van der Waals surface area (Å²) in [5, 5.41) is 4.95. The maximum Gasteiger partial charge on any atom is 0.295 e. The summed E-state index contributed by atoms with van der Waals surface area (Å²) < 4.78 is 14.7. The van der Waals surface area contributed by atoms with Crippen LogP contribution < -0.4 is 9.91 Å². The lowest BCUT2D eigenvalue weighted by atomic mass is 10.1. The summed E-state index contributed by atoms with van der Waals surface area (Å²) in [6.45, 7) is 14.3. The van der Waals surface area contributed by atoms with E-state index in [0.29, 0.717) is 26.2 Å². The van der Waals surface area contributed by atoms with Crippen LogP contribution in [0.15, 0.2) is 43.2 Å². The topological polar surface area (TPSA) is 111 Å². The van der Waals surface area contributed by atoms with Gasteiger partial charge in [0.05, 0.1) is 28.4 Å². The number of carbonyl (C=O) groups excluding carboxylic acids is 2. The van der Waals surface area contributed by atoms with Crippen molar-refractivity contribution in [2.75, 3.05) is 36.1 Å². The van der Waals surface area contributed by atoms with Crippen LogP contribution in [-0.4, -0.2) is 69.4 Å². The molecule has 0 aliphatic carbocycles. The number of H-pyrrole nitrogens is 1. The second kappa shape index (κ2) is 9.22. The van der Waals surface area contributed by atoms with Crippen molar-refractivity contribution in [2.45, 2.75) is 6.92 Å². The zero-order valence-corrected chi connectivity index (χ0v) is 18.7. The van der Waals surface area contributed by atoms with Gasteiger partial charge in [0.15, 0.2) is 11.6 Å². The number of Topliss-reactive ketones (excluding diaryl/α,β-unsaturated/α-hetero) is 1. The number of fused-ring (bicyclic) bond motifs is 1. The smallest absolute Gasteiger partial charge is 0.295 e. The number of aromatic amines is 1. The molecule has 1 N–H and O–H groups in total. The van der Waals surface area contributed by atoms with Crippen molar-refractivity contribution < 1.29 is 14.0 Å². The van der Waals surface area contributed by atoms with Gasteiger partial charge in [-0.1, -0.05) is 19.2 Å². The number of hydrogen-bond acceptors (Lipinski definition) is 8. The highest BCUT2D eigenvalue weighted by Gasteiger charge is 2.31. The van der Waals surface area contributed by atoms with E-state index in [9.17, 15) is 14.0 Å². The summed E-state index contributed by atoms with van der Waals surface area (Å²) >= 11 is 0. The van der Waals surface area contributed by atoms with E-state index in [4.69, 9.17) is 0 Å². The largest absolute Gasteiger partial charge is 0.357 e. The molecule has 0 bridgehead atoms. The fourth-order valence-corrected chi connectivity index (χ4v) is 4.00. The molecule has 4 heterocycles. The predicted molar refractivity (Wildman–Crippen MR) is 128 cm³/mol. The van der Waals surface area contributed by atoms with Crippen LogP contribution in [0.5, 0.6) is 0 Å². The fraction of sp³-hybridized carbons (Fsp3) is 0.217. The van der Waals surface area contributed by atoms with Gasteiger partial charge in [0.1, 0.15) is 12.1 Å². The number of piperazine rings is 1. The summed E-state index contributed by atoms with van der Waals surface area (Å²) in [6.07, 6.45) is 6.81. The Morgan fingerprint density at radius 3 is 2.59 bits per heavy atom. The average molecular weight is 462 g/mol. The van der Waals surface area contributed by atoms with Crippen molar-refractivity contribution in [3.63, 3.8) is 0 Å². The maximum atomic E-state index is 14.7. The summed E-state index contributed by atoms with van der Waals surface area (Å²) in [5.41, 5.74) is 1.78. The number of anilines is 2. The van der Waals surface area contributed by atoms with Crippen molar-refractivity contribution >= 4 is 47.0 Å². The number of pyridine rings is 1. The Balaban J connectivity index is 1.55. The molecule has 0 unspecified atom stereocenters.